The van der Waals surface area contributed by atoms with Crippen molar-refractivity contribution < 1.29 is 14.6 Å². The van der Waals surface area contributed by atoms with Crippen LogP contribution in [0.1, 0.15) is 32.6 Å². The maximum absolute atomic E-state index is 12.3. The molecule has 0 radical (unpaired) electrons. The minimum absolute atomic E-state index is 0.135. The van der Waals surface area contributed by atoms with Gasteiger partial charge in [0, 0.05) is 19.1 Å². The van der Waals surface area contributed by atoms with Crippen LogP contribution in [0.3, 0.4) is 0 Å². The van der Waals surface area contributed by atoms with Gasteiger partial charge in [-0.15, -0.1) is 0 Å². The summed E-state index contributed by atoms with van der Waals surface area (Å²) >= 11 is 0. The lowest BCUT2D eigenvalue weighted by Gasteiger charge is -2.34. The quantitative estimate of drug-likeness (QED) is 0.810. The van der Waals surface area contributed by atoms with Gasteiger partial charge in [0.15, 0.2) is 0 Å². The van der Waals surface area contributed by atoms with Crippen LogP contribution in [0.5, 0.6) is 0 Å². The number of likely N-dealkylation sites (tertiary alicyclic amines) is 1. The average Bonchev–Trinajstić information content (AvgIpc) is 2.63. The number of hydrogen-bond donors (Lipinski definition) is 1. The molecule has 1 amide bonds. The molecule has 0 bridgehead atoms. The minimum atomic E-state index is 0.135. The predicted molar refractivity (Wildman–Crippen MR) is 72.9 cm³/mol. The van der Waals surface area contributed by atoms with Crippen LogP contribution >= 0.6 is 0 Å². The first-order chi connectivity index (χ1) is 9.20. The summed E-state index contributed by atoms with van der Waals surface area (Å²) in [5, 5.41) is 9.47. The molecular weight excluding hydrogens is 244 g/mol. The molecule has 19 heavy (non-hydrogen) atoms. The Morgan fingerprint density at radius 3 is 2.89 bits per heavy atom. The fourth-order valence-electron chi connectivity index (χ4n) is 2.97. The average molecular weight is 270 g/mol. The van der Waals surface area contributed by atoms with Crippen molar-refractivity contribution in [2.24, 2.45) is 0 Å². The zero-order valence-electron chi connectivity index (χ0n) is 11.9. The highest BCUT2D eigenvalue weighted by molar-refractivity contribution is 5.78. The molecule has 1 N–H and O–H groups in total. The smallest absolute Gasteiger partial charge is 0.236 e. The monoisotopic (exact) mass is 270 g/mol. The van der Waals surface area contributed by atoms with Gasteiger partial charge in [-0.2, -0.15) is 0 Å². The van der Waals surface area contributed by atoms with Crippen molar-refractivity contribution in [1.82, 2.24) is 9.80 Å². The Balaban J connectivity index is 1.88. The summed E-state index contributed by atoms with van der Waals surface area (Å²) in [5.74, 6) is 0.176. The van der Waals surface area contributed by atoms with Crippen molar-refractivity contribution in [3.05, 3.63) is 0 Å². The maximum Gasteiger partial charge on any atom is 0.236 e. The number of carbonyl (C=O) groups is 1. The van der Waals surface area contributed by atoms with E-state index in [2.05, 4.69) is 4.90 Å². The Labute approximate surface area is 115 Å². The molecule has 2 saturated heterocycles. The van der Waals surface area contributed by atoms with Crippen molar-refractivity contribution in [1.29, 1.82) is 0 Å². The van der Waals surface area contributed by atoms with Crippen LogP contribution in [0.2, 0.25) is 0 Å². The number of amides is 1. The van der Waals surface area contributed by atoms with E-state index in [1.54, 1.807) is 0 Å². The van der Waals surface area contributed by atoms with E-state index in [0.29, 0.717) is 26.2 Å². The molecule has 2 unspecified atom stereocenters. The lowest BCUT2D eigenvalue weighted by Crippen LogP contribution is -2.50. The van der Waals surface area contributed by atoms with Crippen LogP contribution in [0.15, 0.2) is 0 Å². The van der Waals surface area contributed by atoms with Crippen LogP contribution < -0.4 is 0 Å². The van der Waals surface area contributed by atoms with Gasteiger partial charge in [-0.1, -0.05) is 12.8 Å². The van der Waals surface area contributed by atoms with Crippen LogP contribution in [0.4, 0.5) is 0 Å². The van der Waals surface area contributed by atoms with Crippen molar-refractivity contribution >= 4 is 5.91 Å². The minimum Gasteiger partial charge on any atom is -0.395 e. The molecule has 2 heterocycles. The van der Waals surface area contributed by atoms with E-state index in [0.717, 1.165) is 25.8 Å². The lowest BCUT2D eigenvalue weighted by atomic mass is 10.1. The topological polar surface area (TPSA) is 53.0 Å². The summed E-state index contributed by atoms with van der Waals surface area (Å²) in [6.45, 7) is 5.55. The molecule has 5 nitrogen and oxygen atoms in total. The summed E-state index contributed by atoms with van der Waals surface area (Å²) in [4.78, 5) is 16.4. The Morgan fingerprint density at radius 2 is 2.16 bits per heavy atom. The summed E-state index contributed by atoms with van der Waals surface area (Å²) in [6.07, 6.45) is 4.63. The van der Waals surface area contributed by atoms with Gasteiger partial charge in [0.25, 0.3) is 0 Å². The SMILES string of the molecule is CC1CN(C(=O)CN2CCCCCC2CO)CCO1. The number of ether oxygens (including phenoxy) is 1. The van der Waals surface area contributed by atoms with E-state index in [4.69, 9.17) is 4.74 Å². The highest BCUT2D eigenvalue weighted by Crippen LogP contribution is 2.17. The Bertz CT molecular complexity index is 298. The first-order valence-corrected chi connectivity index (χ1v) is 7.45. The summed E-state index contributed by atoms with van der Waals surface area (Å²) in [6, 6.07) is 0.157. The second-order valence-corrected chi connectivity index (χ2v) is 5.68. The number of aliphatic hydroxyl groups is 1. The van der Waals surface area contributed by atoms with Crippen LogP contribution in [-0.2, 0) is 9.53 Å². The Morgan fingerprint density at radius 1 is 1.32 bits per heavy atom. The maximum atomic E-state index is 12.3. The van der Waals surface area contributed by atoms with Gasteiger partial charge < -0.3 is 14.7 Å². The fraction of sp³-hybridized carbons (Fsp3) is 0.929. The molecule has 0 aromatic heterocycles. The molecule has 2 aliphatic rings. The van der Waals surface area contributed by atoms with E-state index < -0.39 is 0 Å². The van der Waals surface area contributed by atoms with Gasteiger partial charge in [0.1, 0.15) is 0 Å². The van der Waals surface area contributed by atoms with Gasteiger partial charge in [-0.05, 0) is 26.3 Å². The Hall–Kier alpha value is -0.650. The zero-order chi connectivity index (χ0) is 13.7. The molecule has 5 heteroatoms. The third-order valence-electron chi connectivity index (χ3n) is 4.14. The molecule has 0 aliphatic carbocycles. The van der Waals surface area contributed by atoms with Gasteiger partial charge in [0.05, 0.1) is 25.9 Å². The van der Waals surface area contributed by atoms with E-state index >= 15 is 0 Å². The Kier molecular flexibility index (Phi) is 5.60. The molecule has 2 rings (SSSR count). The number of carbonyl (C=O) groups excluding carboxylic acids is 1. The van der Waals surface area contributed by atoms with Crippen molar-refractivity contribution in [2.45, 2.75) is 44.8 Å². The molecule has 0 saturated carbocycles. The molecule has 0 spiro atoms. The van der Waals surface area contributed by atoms with E-state index in [1.807, 2.05) is 11.8 Å². The lowest BCUT2D eigenvalue weighted by molar-refractivity contribution is -0.140. The van der Waals surface area contributed by atoms with E-state index in [-0.39, 0.29) is 24.7 Å². The third-order valence-corrected chi connectivity index (χ3v) is 4.14. The van der Waals surface area contributed by atoms with Gasteiger partial charge in [0.2, 0.25) is 5.91 Å². The number of aliphatic hydroxyl groups excluding tert-OH is 1. The highest BCUT2D eigenvalue weighted by Gasteiger charge is 2.26. The largest absolute Gasteiger partial charge is 0.395 e. The summed E-state index contributed by atoms with van der Waals surface area (Å²) < 4.78 is 5.46. The first-order valence-electron chi connectivity index (χ1n) is 7.45. The molecule has 2 atom stereocenters. The molecule has 110 valence electrons. The predicted octanol–water partition coefficient (Wildman–Crippen LogP) is 0.471. The van der Waals surface area contributed by atoms with Crippen LogP contribution in [0.25, 0.3) is 0 Å². The van der Waals surface area contributed by atoms with Crippen molar-refractivity contribution in [2.75, 3.05) is 39.4 Å². The second kappa shape index (κ2) is 7.22. The molecule has 2 aliphatic heterocycles. The zero-order valence-corrected chi connectivity index (χ0v) is 11.9. The number of rotatable bonds is 3. The van der Waals surface area contributed by atoms with Gasteiger partial charge in [-0.25, -0.2) is 0 Å². The molecule has 0 aromatic rings. The summed E-state index contributed by atoms with van der Waals surface area (Å²) in [7, 11) is 0. The number of hydrogen-bond acceptors (Lipinski definition) is 4. The van der Waals surface area contributed by atoms with Gasteiger partial charge >= 0.3 is 0 Å². The van der Waals surface area contributed by atoms with Crippen LogP contribution in [-0.4, -0.2) is 72.4 Å². The van der Waals surface area contributed by atoms with E-state index in [1.165, 1.54) is 6.42 Å². The fourth-order valence-corrected chi connectivity index (χ4v) is 2.97. The van der Waals surface area contributed by atoms with Gasteiger partial charge in [-0.3, -0.25) is 9.69 Å². The molecular formula is C14H26N2O3. The van der Waals surface area contributed by atoms with Crippen LogP contribution in [0, 0.1) is 0 Å². The normalized spacial score (nSPS) is 30.1. The van der Waals surface area contributed by atoms with E-state index in [9.17, 15) is 9.90 Å². The highest BCUT2D eigenvalue weighted by atomic mass is 16.5. The molecule has 0 aromatic carbocycles. The number of morpholine rings is 1. The van der Waals surface area contributed by atoms with Crippen molar-refractivity contribution in [3.63, 3.8) is 0 Å². The second-order valence-electron chi connectivity index (χ2n) is 5.68. The van der Waals surface area contributed by atoms with Crippen molar-refractivity contribution in [3.8, 4) is 0 Å². The molecule has 2 fully saturated rings. The third kappa shape index (κ3) is 4.16. The standard InChI is InChI=1S/C14H26N2O3/c1-12-9-16(7-8-19-12)14(18)10-15-6-4-2-3-5-13(15)11-17/h12-13,17H,2-11H2,1H3. The first kappa shape index (κ1) is 14.8. The summed E-state index contributed by atoms with van der Waals surface area (Å²) in [5.41, 5.74) is 0. The number of nitrogens with zero attached hydrogens (tertiary/aromatic N) is 2.